The van der Waals surface area contributed by atoms with Gasteiger partial charge in [-0.2, -0.15) is 0 Å². The Morgan fingerprint density at radius 3 is 2.57 bits per heavy atom. The van der Waals surface area contributed by atoms with E-state index in [1.165, 1.54) is 25.7 Å². The maximum atomic E-state index is 13.0. The Balaban J connectivity index is 1.52. The number of amides is 2. The van der Waals surface area contributed by atoms with Crippen LogP contribution in [0.3, 0.4) is 0 Å². The molecule has 1 saturated carbocycles. The van der Waals surface area contributed by atoms with E-state index in [2.05, 4.69) is 15.6 Å². The Kier molecular flexibility index (Phi) is 7.79. The lowest BCUT2D eigenvalue weighted by atomic mass is 10.1. The number of nitrogen functional groups attached to an aromatic ring is 1. The first-order valence-electron chi connectivity index (χ1n) is 11.1. The number of carbonyl (C=O) groups is 2. The normalized spacial score (nSPS) is 21.1. The van der Waals surface area contributed by atoms with E-state index in [1.54, 1.807) is 23.2 Å². The van der Waals surface area contributed by atoms with E-state index in [0.29, 0.717) is 31.2 Å². The lowest BCUT2D eigenvalue weighted by Gasteiger charge is -2.29. The molecule has 1 saturated heterocycles. The molecule has 8 nitrogen and oxygen atoms in total. The van der Waals surface area contributed by atoms with Crippen LogP contribution in [0.15, 0.2) is 18.3 Å². The van der Waals surface area contributed by atoms with Crippen molar-refractivity contribution in [3.63, 3.8) is 0 Å². The van der Waals surface area contributed by atoms with Gasteiger partial charge in [-0.05, 0) is 44.2 Å². The summed E-state index contributed by atoms with van der Waals surface area (Å²) in [5, 5.41) is 13.8. The first kappa shape index (κ1) is 22.2. The van der Waals surface area contributed by atoms with Gasteiger partial charge >= 0.3 is 0 Å². The van der Waals surface area contributed by atoms with Crippen LogP contribution in [0.4, 0.5) is 0 Å². The minimum absolute atomic E-state index is 0.0179. The molecule has 3 rings (SSSR count). The van der Waals surface area contributed by atoms with Gasteiger partial charge in [0.2, 0.25) is 11.8 Å². The van der Waals surface area contributed by atoms with Gasteiger partial charge in [-0.3, -0.25) is 20.0 Å². The van der Waals surface area contributed by atoms with Crippen molar-refractivity contribution in [2.45, 2.75) is 83.0 Å². The monoisotopic (exact) mass is 414 g/mol. The van der Waals surface area contributed by atoms with Gasteiger partial charge in [0.1, 0.15) is 17.6 Å². The van der Waals surface area contributed by atoms with Gasteiger partial charge in [0.25, 0.3) is 0 Å². The topological polar surface area (TPSA) is 124 Å². The molecule has 30 heavy (non-hydrogen) atoms. The highest BCUT2D eigenvalue weighted by atomic mass is 16.2. The fourth-order valence-corrected chi connectivity index (χ4v) is 4.42. The van der Waals surface area contributed by atoms with E-state index in [0.717, 1.165) is 24.8 Å². The second-order valence-electron chi connectivity index (χ2n) is 8.45. The van der Waals surface area contributed by atoms with Gasteiger partial charge < -0.3 is 21.3 Å². The first-order valence-corrected chi connectivity index (χ1v) is 11.1. The number of amidine groups is 1. The summed E-state index contributed by atoms with van der Waals surface area (Å²) in [5.74, 6) is -0.195. The van der Waals surface area contributed by atoms with E-state index in [1.807, 2.05) is 6.92 Å². The molecule has 0 bridgehead atoms. The number of nitrogens with two attached hydrogens (primary N) is 1. The van der Waals surface area contributed by atoms with Crippen LogP contribution in [0.25, 0.3) is 0 Å². The molecule has 0 spiro atoms. The van der Waals surface area contributed by atoms with Crippen molar-refractivity contribution in [2.75, 3.05) is 6.54 Å². The van der Waals surface area contributed by atoms with Gasteiger partial charge in [0.15, 0.2) is 0 Å². The fourth-order valence-electron chi connectivity index (χ4n) is 4.42. The number of carbonyl (C=O) groups excluding carboxylic acids is 2. The number of nitrogens with one attached hydrogen (secondary N) is 3. The van der Waals surface area contributed by atoms with Gasteiger partial charge in [-0.25, -0.2) is 0 Å². The molecule has 1 aliphatic heterocycles. The van der Waals surface area contributed by atoms with Crippen molar-refractivity contribution in [3.05, 3.63) is 29.6 Å². The number of hydrogen-bond acceptors (Lipinski definition) is 5. The van der Waals surface area contributed by atoms with Gasteiger partial charge in [-0.1, -0.05) is 31.7 Å². The van der Waals surface area contributed by atoms with E-state index in [9.17, 15) is 9.59 Å². The number of rotatable bonds is 7. The zero-order chi connectivity index (χ0) is 21.5. The zero-order valence-corrected chi connectivity index (χ0v) is 17.8. The lowest BCUT2D eigenvalue weighted by Crippen LogP contribution is -2.53. The number of aromatic nitrogens is 1. The van der Waals surface area contributed by atoms with Crippen LogP contribution in [0.1, 0.15) is 69.5 Å². The molecule has 0 aromatic carbocycles. The van der Waals surface area contributed by atoms with Crippen LogP contribution in [-0.2, 0) is 16.1 Å². The summed E-state index contributed by atoms with van der Waals surface area (Å²) in [5.41, 5.74) is 6.65. The van der Waals surface area contributed by atoms with Gasteiger partial charge in [0, 0.05) is 25.3 Å². The van der Waals surface area contributed by atoms with E-state index in [4.69, 9.17) is 11.1 Å². The Morgan fingerprint density at radius 2 is 1.93 bits per heavy atom. The molecule has 5 N–H and O–H groups in total. The average molecular weight is 415 g/mol. The number of likely N-dealkylation sites (tertiary alicyclic amines) is 1. The van der Waals surface area contributed by atoms with Crippen LogP contribution < -0.4 is 16.4 Å². The standard InChI is InChI=1S/C22H34N6O2/c1-15(27-17-7-4-2-3-5-8-17)22(30)28-12-6-9-19(28)21(29)26-14-16-10-11-18(20(23)24)25-13-16/h10-11,13,15,17,19,27H,2-9,12,14H2,1H3,(H3,23,24)(H,26,29)/t15-,19-/m0/s1. The van der Waals surface area contributed by atoms with Crippen LogP contribution in [0, 0.1) is 5.41 Å². The van der Waals surface area contributed by atoms with Crippen molar-refractivity contribution < 1.29 is 9.59 Å². The molecular formula is C22H34N6O2. The molecule has 0 unspecified atom stereocenters. The molecular weight excluding hydrogens is 380 g/mol. The SMILES string of the molecule is C[C@H](NC1CCCCCC1)C(=O)N1CCC[C@H]1C(=O)NCc1ccc(C(=N)N)nc1. The second kappa shape index (κ2) is 10.5. The van der Waals surface area contributed by atoms with Crippen molar-refractivity contribution >= 4 is 17.6 Å². The average Bonchev–Trinajstić information content (AvgIpc) is 3.10. The summed E-state index contributed by atoms with van der Waals surface area (Å²) in [4.78, 5) is 31.6. The molecule has 8 heteroatoms. The minimum atomic E-state index is -0.416. The molecule has 2 atom stereocenters. The minimum Gasteiger partial charge on any atom is -0.382 e. The third-order valence-electron chi connectivity index (χ3n) is 6.12. The smallest absolute Gasteiger partial charge is 0.243 e. The summed E-state index contributed by atoms with van der Waals surface area (Å²) in [6.07, 6.45) is 10.4. The van der Waals surface area contributed by atoms with E-state index < -0.39 is 6.04 Å². The van der Waals surface area contributed by atoms with Crippen LogP contribution in [0.2, 0.25) is 0 Å². The van der Waals surface area contributed by atoms with Crippen LogP contribution in [0.5, 0.6) is 0 Å². The van der Waals surface area contributed by atoms with Crippen molar-refractivity contribution in [1.82, 2.24) is 20.5 Å². The highest BCUT2D eigenvalue weighted by Gasteiger charge is 2.36. The predicted molar refractivity (Wildman–Crippen MR) is 116 cm³/mol. The van der Waals surface area contributed by atoms with Gasteiger partial charge in [0.05, 0.1) is 6.04 Å². The fraction of sp³-hybridized carbons (Fsp3) is 0.636. The zero-order valence-electron chi connectivity index (χ0n) is 17.8. The first-order chi connectivity index (χ1) is 14.5. The Morgan fingerprint density at radius 1 is 1.20 bits per heavy atom. The third kappa shape index (κ3) is 5.78. The molecule has 2 amide bonds. The molecule has 1 aromatic rings. The molecule has 2 aliphatic rings. The van der Waals surface area contributed by atoms with E-state index >= 15 is 0 Å². The number of nitrogens with zero attached hydrogens (tertiary/aromatic N) is 2. The van der Waals surface area contributed by atoms with Crippen LogP contribution >= 0.6 is 0 Å². The van der Waals surface area contributed by atoms with Crippen molar-refractivity contribution in [3.8, 4) is 0 Å². The molecule has 1 aliphatic carbocycles. The maximum Gasteiger partial charge on any atom is 0.243 e. The Labute approximate surface area is 178 Å². The van der Waals surface area contributed by atoms with E-state index in [-0.39, 0.29) is 23.7 Å². The lowest BCUT2D eigenvalue weighted by molar-refractivity contribution is -0.140. The summed E-state index contributed by atoms with van der Waals surface area (Å²) < 4.78 is 0. The second-order valence-corrected chi connectivity index (χ2v) is 8.45. The predicted octanol–water partition coefficient (Wildman–Crippen LogP) is 1.67. The van der Waals surface area contributed by atoms with Gasteiger partial charge in [-0.15, -0.1) is 0 Å². The summed E-state index contributed by atoms with van der Waals surface area (Å²) in [6.45, 7) is 2.88. The summed E-state index contributed by atoms with van der Waals surface area (Å²) in [7, 11) is 0. The largest absolute Gasteiger partial charge is 0.382 e. The number of hydrogen-bond donors (Lipinski definition) is 4. The highest BCUT2D eigenvalue weighted by Crippen LogP contribution is 2.21. The summed E-state index contributed by atoms with van der Waals surface area (Å²) >= 11 is 0. The molecule has 164 valence electrons. The quantitative estimate of drug-likeness (QED) is 0.307. The van der Waals surface area contributed by atoms with Crippen molar-refractivity contribution in [2.24, 2.45) is 5.73 Å². The maximum absolute atomic E-state index is 13.0. The molecule has 0 radical (unpaired) electrons. The Hall–Kier alpha value is -2.48. The summed E-state index contributed by atoms with van der Waals surface area (Å²) in [6, 6.07) is 3.16. The Bertz CT molecular complexity index is 742. The molecule has 2 fully saturated rings. The van der Waals surface area contributed by atoms with Crippen LogP contribution in [-0.4, -0.2) is 52.2 Å². The van der Waals surface area contributed by atoms with Crippen molar-refractivity contribution in [1.29, 1.82) is 5.41 Å². The molecule has 1 aromatic heterocycles. The number of pyridine rings is 1. The highest BCUT2D eigenvalue weighted by molar-refractivity contribution is 5.93. The molecule has 2 heterocycles. The third-order valence-corrected chi connectivity index (χ3v) is 6.12.